The second kappa shape index (κ2) is 10.4. The lowest BCUT2D eigenvalue weighted by molar-refractivity contribution is -0.139. The average molecular weight is 638 g/mol. The van der Waals surface area contributed by atoms with Crippen molar-refractivity contribution in [2.24, 2.45) is 11.1 Å². The number of fused-ring (bicyclic) bond motifs is 3. The molecule has 0 heterocycles. The summed E-state index contributed by atoms with van der Waals surface area (Å²) in [6.45, 7) is 11.2. The highest BCUT2D eigenvalue weighted by atomic mass is 32.2. The fourth-order valence-electron chi connectivity index (χ4n) is 7.24. The Balaban J connectivity index is 1.87. The summed E-state index contributed by atoms with van der Waals surface area (Å²) in [5.74, 6) is -1.08. The molecule has 7 nitrogen and oxygen atoms in total. The summed E-state index contributed by atoms with van der Waals surface area (Å²) >= 11 is 0. The van der Waals surface area contributed by atoms with E-state index in [-0.39, 0.29) is 35.3 Å². The van der Waals surface area contributed by atoms with Gasteiger partial charge in [0, 0.05) is 15.6 Å². The zero-order chi connectivity index (χ0) is 32.4. The van der Waals surface area contributed by atoms with E-state index in [1.165, 1.54) is 24.3 Å². The number of alkyl halides is 3. The molecule has 3 saturated carbocycles. The number of hydrogen-bond acceptors (Lipinski definition) is 5. The molecule has 3 aliphatic carbocycles. The number of carbonyl (C=O) groups excluding carboxylic acids is 1. The van der Waals surface area contributed by atoms with Crippen LogP contribution >= 0.6 is 7.14 Å². The number of nitriles is 1. The van der Waals surface area contributed by atoms with E-state index in [0.717, 1.165) is 12.1 Å². The molecule has 0 spiro atoms. The van der Waals surface area contributed by atoms with Crippen LogP contribution in [-0.2, 0) is 26.2 Å². The maximum absolute atomic E-state index is 14.5. The van der Waals surface area contributed by atoms with Crippen molar-refractivity contribution in [3.63, 3.8) is 0 Å². The van der Waals surface area contributed by atoms with E-state index in [1.807, 2.05) is 41.5 Å². The average Bonchev–Trinajstić information content (AvgIpc) is 2.91. The Hall–Kier alpha value is -2.83. The van der Waals surface area contributed by atoms with Gasteiger partial charge >= 0.3 is 6.18 Å². The smallest absolute Gasteiger partial charge is 0.366 e. The Morgan fingerprint density at radius 1 is 0.907 bits per heavy atom. The van der Waals surface area contributed by atoms with Gasteiger partial charge in [-0.25, -0.2) is 8.42 Å². The van der Waals surface area contributed by atoms with E-state index in [9.17, 15) is 36.2 Å². The predicted octanol–water partition coefficient (Wildman–Crippen LogP) is 7.31. The third-order valence-corrected chi connectivity index (χ3v) is 15.6. The number of amides is 1. The van der Waals surface area contributed by atoms with Crippen LogP contribution in [0.4, 0.5) is 18.9 Å². The highest BCUT2D eigenvalue weighted by Crippen LogP contribution is 2.66. The molecule has 2 aromatic rings. The highest BCUT2D eigenvalue weighted by molar-refractivity contribution is 7.92. The standard InChI is InChI=1S/C31H39F3N3O4PS/c1-27(2,3)42(39,28(4,5)6)20-7-9-21(10-8-20)43(40,41)37-25-22(26(36)38)11-12-23(31(32,33)34)24(25)30-16-13-29(19-35,14-17-30)15-18-30/h7-12,37H,13-18H2,1-6H3,(H2,36,38). The molecule has 3 aliphatic rings. The fraction of sp³-hybridized carbons (Fsp3) is 0.548. The van der Waals surface area contributed by atoms with E-state index in [4.69, 9.17) is 5.73 Å². The van der Waals surface area contributed by atoms with Gasteiger partial charge in [0.15, 0.2) is 0 Å². The molecular weight excluding hydrogens is 598 g/mol. The molecule has 3 fully saturated rings. The van der Waals surface area contributed by atoms with E-state index < -0.39 is 61.6 Å². The number of rotatable bonds is 6. The van der Waals surface area contributed by atoms with Crippen molar-refractivity contribution < 1.29 is 30.9 Å². The summed E-state index contributed by atoms with van der Waals surface area (Å²) in [6.07, 6.45) is -3.01. The molecule has 12 heteroatoms. The zero-order valence-corrected chi connectivity index (χ0v) is 27.1. The number of benzene rings is 2. The quantitative estimate of drug-likeness (QED) is 0.321. The molecule has 2 bridgehead atoms. The van der Waals surface area contributed by atoms with Crippen molar-refractivity contribution >= 4 is 34.1 Å². The molecule has 1 amide bonds. The van der Waals surface area contributed by atoms with Crippen molar-refractivity contribution in [2.45, 2.75) is 107 Å². The predicted molar refractivity (Wildman–Crippen MR) is 161 cm³/mol. The number of nitrogens with two attached hydrogens (primary N) is 1. The number of anilines is 1. The number of nitrogens with zero attached hydrogens (tertiary/aromatic N) is 1. The first-order valence-corrected chi connectivity index (χ1v) is 17.4. The lowest BCUT2D eigenvalue weighted by atomic mass is 9.51. The molecular formula is C31H39F3N3O4PS. The van der Waals surface area contributed by atoms with Crippen LogP contribution < -0.4 is 15.8 Å². The summed E-state index contributed by atoms with van der Waals surface area (Å²) in [4.78, 5) is 12.2. The molecule has 0 aliphatic heterocycles. The number of carbonyl (C=O) groups is 1. The van der Waals surface area contributed by atoms with Gasteiger partial charge < -0.3 is 10.3 Å². The number of primary amides is 1. The molecule has 234 valence electrons. The van der Waals surface area contributed by atoms with Gasteiger partial charge in [-0.2, -0.15) is 18.4 Å². The van der Waals surface area contributed by atoms with Gasteiger partial charge in [0.1, 0.15) is 7.14 Å². The lowest BCUT2D eigenvalue weighted by Gasteiger charge is -2.52. The number of hydrogen-bond donors (Lipinski definition) is 2. The summed E-state index contributed by atoms with van der Waals surface area (Å²) < 4.78 is 87.7. The molecule has 2 aromatic carbocycles. The summed E-state index contributed by atoms with van der Waals surface area (Å²) in [7, 11) is -7.62. The van der Waals surface area contributed by atoms with Crippen molar-refractivity contribution in [1.29, 1.82) is 5.26 Å². The van der Waals surface area contributed by atoms with Gasteiger partial charge in [0.2, 0.25) is 0 Å². The van der Waals surface area contributed by atoms with Crippen LogP contribution in [-0.4, -0.2) is 24.6 Å². The Kier molecular flexibility index (Phi) is 7.98. The maximum Gasteiger partial charge on any atom is 0.416 e. The van der Waals surface area contributed by atoms with Gasteiger partial charge in [-0.1, -0.05) is 53.7 Å². The largest absolute Gasteiger partial charge is 0.416 e. The van der Waals surface area contributed by atoms with Crippen LogP contribution in [0, 0.1) is 16.7 Å². The van der Waals surface area contributed by atoms with Crippen molar-refractivity contribution in [1.82, 2.24) is 0 Å². The summed E-state index contributed by atoms with van der Waals surface area (Å²) in [6, 6.07) is 9.54. The van der Waals surface area contributed by atoms with Crippen LogP contribution in [0.1, 0.15) is 102 Å². The monoisotopic (exact) mass is 637 g/mol. The van der Waals surface area contributed by atoms with Crippen molar-refractivity contribution in [2.75, 3.05) is 4.72 Å². The van der Waals surface area contributed by atoms with E-state index in [2.05, 4.69) is 10.8 Å². The van der Waals surface area contributed by atoms with Crippen LogP contribution in [0.3, 0.4) is 0 Å². The van der Waals surface area contributed by atoms with Gasteiger partial charge in [-0.05, 0) is 73.8 Å². The Labute approximate surface area is 251 Å². The van der Waals surface area contributed by atoms with Crippen LogP contribution in [0.2, 0.25) is 0 Å². The molecule has 0 radical (unpaired) electrons. The first-order valence-electron chi connectivity index (χ1n) is 14.2. The second-order valence-electron chi connectivity index (χ2n) is 14.0. The first kappa shape index (κ1) is 33.1. The minimum atomic E-state index is -4.84. The molecule has 0 unspecified atom stereocenters. The molecule has 0 atom stereocenters. The minimum Gasteiger partial charge on any atom is -0.366 e. The molecule has 3 N–H and O–H groups in total. The Morgan fingerprint density at radius 3 is 1.79 bits per heavy atom. The third-order valence-electron chi connectivity index (χ3n) is 9.43. The third kappa shape index (κ3) is 5.50. The van der Waals surface area contributed by atoms with Gasteiger partial charge in [-0.3, -0.25) is 9.52 Å². The minimum absolute atomic E-state index is 0.240. The molecule has 5 rings (SSSR count). The number of nitrogens with one attached hydrogen (secondary N) is 1. The maximum atomic E-state index is 14.5. The molecule has 0 aromatic heterocycles. The van der Waals surface area contributed by atoms with E-state index >= 15 is 0 Å². The van der Waals surface area contributed by atoms with Crippen LogP contribution in [0.15, 0.2) is 41.3 Å². The SMILES string of the molecule is CC(C)(C)P(=O)(c1ccc(S(=O)(=O)Nc2c(C(N)=O)ccc(C(F)(F)F)c2C23CCC(C#N)(CC2)CC3)cc1)C(C)(C)C. The summed E-state index contributed by atoms with van der Waals surface area (Å²) in [5.41, 5.74) is 1.70. The number of halogens is 3. The van der Waals surface area contributed by atoms with Gasteiger partial charge in [-0.15, -0.1) is 0 Å². The van der Waals surface area contributed by atoms with Crippen molar-refractivity contribution in [3.05, 3.63) is 53.1 Å². The van der Waals surface area contributed by atoms with Crippen molar-refractivity contribution in [3.8, 4) is 6.07 Å². The van der Waals surface area contributed by atoms with E-state index in [0.29, 0.717) is 24.6 Å². The number of sulfonamides is 1. The second-order valence-corrected chi connectivity index (χ2v) is 20.1. The highest BCUT2D eigenvalue weighted by Gasteiger charge is 2.54. The Bertz CT molecular complexity index is 1600. The first-order chi connectivity index (χ1) is 19.5. The molecule has 43 heavy (non-hydrogen) atoms. The zero-order valence-electron chi connectivity index (χ0n) is 25.4. The van der Waals surface area contributed by atoms with Gasteiger partial charge in [0.25, 0.3) is 15.9 Å². The lowest BCUT2D eigenvalue weighted by Crippen LogP contribution is -2.45. The normalized spacial score (nSPS) is 23.1. The molecule has 0 saturated heterocycles. The van der Waals surface area contributed by atoms with Gasteiger partial charge in [0.05, 0.1) is 33.2 Å². The topological polar surface area (TPSA) is 130 Å². The Morgan fingerprint density at radius 2 is 1.40 bits per heavy atom. The van der Waals surface area contributed by atoms with E-state index in [1.54, 1.807) is 0 Å². The van der Waals surface area contributed by atoms with Crippen LogP contribution in [0.25, 0.3) is 0 Å². The fourth-order valence-corrected chi connectivity index (χ4v) is 12.5. The van der Waals surface area contributed by atoms with Crippen LogP contribution in [0.5, 0.6) is 0 Å². The summed E-state index contributed by atoms with van der Waals surface area (Å²) in [5, 5.41) is 8.93.